The second-order valence-electron chi connectivity index (χ2n) is 4.96. The Kier molecular flexibility index (Phi) is 3.78. The molecule has 0 aromatic carbocycles. The minimum Gasteiger partial charge on any atom is -0.359 e. The summed E-state index contributed by atoms with van der Waals surface area (Å²) in [5, 5.41) is 0. The smallest absolute Gasteiger partial charge is 0.192 e. The van der Waals surface area contributed by atoms with Gasteiger partial charge in [0.05, 0.1) is 12.2 Å². The molecular weight excluding hydrogens is 252 g/mol. The predicted octanol–water partition coefficient (Wildman–Crippen LogP) is 1.41. The van der Waals surface area contributed by atoms with Crippen LogP contribution in [-0.2, 0) is 0 Å². The van der Waals surface area contributed by atoms with Crippen LogP contribution in [0.25, 0.3) is 0 Å². The van der Waals surface area contributed by atoms with Crippen LogP contribution in [0.4, 0.5) is 5.82 Å². The molecule has 0 amide bonds. The van der Waals surface area contributed by atoms with Crippen LogP contribution in [-0.4, -0.2) is 53.4 Å². The van der Waals surface area contributed by atoms with Crippen molar-refractivity contribution in [1.82, 2.24) is 14.9 Å². The van der Waals surface area contributed by atoms with Crippen molar-refractivity contribution in [2.75, 3.05) is 37.6 Å². The Morgan fingerprint density at radius 2 is 2.00 bits per heavy atom. The van der Waals surface area contributed by atoms with Gasteiger partial charge in [0.2, 0.25) is 0 Å². The Labute approximate surface area is 118 Å². The van der Waals surface area contributed by atoms with Gasteiger partial charge in [0.25, 0.3) is 0 Å². The Hall–Kier alpha value is -2.14. The molecule has 0 unspecified atom stereocenters. The van der Waals surface area contributed by atoms with E-state index in [1.165, 1.54) is 0 Å². The lowest BCUT2D eigenvalue weighted by Crippen LogP contribution is -2.48. The van der Waals surface area contributed by atoms with Crippen LogP contribution in [0.1, 0.15) is 10.5 Å². The van der Waals surface area contributed by atoms with E-state index in [-0.39, 0.29) is 5.78 Å². The van der Waals surface area contributed by atoms with Gasteiger partial charge in [-0.2, -0.15) is 0 Å². The Bertz CT molecular complexity index is 545. The molecule has 2 aromatic rings. The molecule has 0 saturated carbocycles. The zero-order chi connectivity index (χ0) is 13.8. The lowest BCUT2D eigenvalue weighted by atomic mass is 10.2. The van der Waals surface area contributed by atoms with Crippen molar-refractivity contribution in [2.45, 2.75) is 0 Å². The maximum atomic E-state index is 12.0. The number of anilines is 1. The average Bonchev–Trinajstić information content (AvgIpc) is 3.03. The fourth-order valence-electron chi connectivity index (χ4n) is 2.47. The number of aromatic amines is 1. The first kappa shape index (κ1) is 12.9. The van der Waals surface area contributed by atoms with Crippen LogP contribution in [0.5, 0.6) is 0 Å². The van der Waals surface area contributed by atoms with Crippen molar-refractivity contribution in [2.24, 2.45) is 0 Å². The van der Waals surface area contributed by atoms with E-state index in [4.69, 9.17) is 0 Å². The molecular formula is C15H18N4O. The third-order valence-corrected chi connectivity index (χ3v) is 3.61. The van der Waals surface area contributed by atoms with Crippen molar-refractivity contribution in [3.63, 3.8) is 0 Å². The van der Waals surface area contributed by atoms with E-state index < -0.39 is 0 Å². The molecule has 5 heteroatoms. The fraction of sp³-hybridized carbons (Fsp3) is 0.333. The van der Waals surface area contributed by atoms with Gasteiger partial charge in [-0.05, 0) is 24.3 Å². The third kappa shape index (κ3) is 2.88. The molecule has 0 aliphatic carbocycles. The van der Waals surface area contributed by atoms with Crippen molar-refractivity contribution >= 4 is 11.6 Å². The van der Waals surface area contributed by atoms with Gasteiger partial charge in [0, 0.05) is 38.6 Å². The molecule has 1 N–H and O–H groups in total. The second-order valence-corrected chi connectivity index (χ2v) is 4.96. The molecule has 104 valence electrons. The van der Waals surface area contributed by atoms with E-state index >= 15 is 0 Å². The number of nitrogens with zero attached hydrogens (tertiary/aromatic N) is 3. The first-order chi connectivity index (χ1) is 9.83. The summed E-state index contributed by atoms with van der Waals surface area (Å²) < 4.78 is 0. The van der Waals surface area contributed by atoms with E-state index in [2.05, 4.69) is 19.8 Å². The molecule has 0 radical (unpaired) electrons. The predicted molar refractivity (Wildman–Crippen MR) is 78.0 cm³/mol. The molecule has 0 spiro atoms. The molecule has 5 nitrogen and oxygen atoms in total. The van der Waals surface area contributed by atoms with Crippen LogP contribution in [0.3, 0.4) is 0 Å². The number of aromatic nitrogens is 2. The standard InChI is InChI=1S/C15H18N4O/c20-14(13-4-3-7-16-13)12-18-8-10-19(11-9-18)15-5-1-2-6-17-15/h1-7,16H,8-12H2. The fourth-order valence-corrected chi connectivity index (χ4v) is 2.47. The van der Waals surface area contributed by atoms with Gasteiger partial charge < -0.3 is 9.88 Å². The quantitative estimate of drug-likeness (QED) is 0.854. The van der Waals surface area contributed by atoms with Crippen LogP contribution in [0, 0.1) is 0 Å². The van der Waals surface area contributed by atoms with Gasteiger partial charge >= 0.3 is 0 Å². The van der Waals surface area contributed by atoms with E-state index in [1.807, 2.05) is 36.5 Å². The maximum absolute atomic E-state index is 12.0. The number of Topliss-reactive ketones (excluding diaryl/α,β-unsaturated/α-hetero) is 1. The first-order valence-corrected chi connectivity index (χ1v) is 6.88. The van der Waals surface area contributed by atoms with Crippen molar-refractivity contribution in [1.29, 1.82) is 0 Å². The van der Waals surface area contributed by atoms with Crippen LogP contribution < -0.4 is 4.90 Å². The SMILES string of the molecule is O=C(CN1CCN(c2ccccn2)CC1)c1ccc[nH]1. The number of carbonyl (C=O) groups excluding carboxylic acids is 1. The number of nitrogens with one attached hydrogen (secondary N) is 1. The van der Waals surface area contributed by atoms with Gasteiger partial charge in [0.1, 0.15) is 5.82 Å². The number of pyridine rings is 1. The van der Waals surface area contributed by atoms with Crippen LogP contribution in [0.2, 0.25) is 0 Å². The highest BCUT2D eigenvalue weighted by molar-refractivity contribution is 5.95. The molecule has 1 aliphatic rings. The lowest BCUT2D eigenvalue weighted by molar-refractivity contribution is 0.0922. The topological polar surface area (TPSA) is 52.2 Å². The number of rotatable bonds is 4. The van der Waals surface area contributed by atoms with Crippen LogP contribution >= 0.6 is 0 Å². The van der Waals surface area contributed by atoms with Gasteiger partial charge in [-0.15, -0.1) is 0 Å². The zero-order valence-corrected chi connectivity index (χ0v) is 11.3. The molecule has 2 aromatic heterocycles. The summed E-state index contributed by atoms with van der Waals surface area (Å²) in [5.41, 5.74) is 0.692. The van der Waals surface area contributed by atoms with Crippen molar-refractivity contribution < 1.29 is 4.79 Å². The normalized spacial score (nSPS) is 16.3. The number of hydrogen-bond donors (Lipinski definition) is 1. The summed E-state index contributed by atoms with van der Waals surface area (Å²) >= 11 is 0. The number of ketones is 1. The summed E-state index contributed by atoms with van der Waals surface area (Å²) in [5.74, 6) is 1.17. The highest BCUT2D eigenvalue weighted by Crippen LogP contribution is 2.12. The minimum absolute atomic E-state index is 0.154. The van der Waals surface area contributed by atoms with Crippen LogP contribution in [0.15, 0.2) is 42.7 Å². The van der Waals surface area contributed by atoms with E-state index in [1.54, 1.807) is 6.20 Å². The Morgan fingerprint density at radius 1 is 1.15 bits per heavy atom. The molecule has 3 heterocycles. The van der Waals surface area contributed by atoms with E-state index in [0.29, 0.717) is 12.2 Å². The summed E-state index contributed by atoms with van der Waals surface area (Å²) in [6.45, 7) is 4.09. The molecule has 0 atom stereocenters. The molecule has 1 saturated heterocycles. The molecule has 1 fully saturated rings. The zero-order valence-electron chi connectivity index (χ0n) is 11.3. The summed E-state index contributed by atoms with van der Waals surface area (Å²) in [4.78, 5) is 23.8. The minimum atomic E-state index is 0.154. The first-order valence-electron chi connectivity index (χ1n) is 6.88. The Morgan fingerprint density at radius 3 is 2.65 bits per heavy atom. The Balaban J connectivity index is 1.53. The van der Waals surface area contributed by atoms with Gasteiger partial charge in [-0.3, -0.25) is 9.69 Å². The summed E-state index contributed by atoms with van der Waals surface area (Å²) in [6, 6.07) is 9.64. The van der Waals surface area contributed by atoms with E-state index in [0.717, 1.165) is 32.0 Å². The second kappa shape index (κ2) is 5.88. The molecule has 20 heavy (non-hydrogen) atoms. The van der Waals surface area contributed by atoms with E-state index in [9.17, 15) is 4.79 Å². The summed E-state index contributed by atoms with van der Waals surface area (Å²) in [6.07, 6.45) is 3.60. The largest absolute Gasteiger partial charge is 0.359 e. The molecule has 0 bridgehead atoms. The lowest BCUT2D eigenvalue weighted by Gasteiger charge is -2.34. The summed E-state index contributed by atoms with van der Waals surface area (Å²) in [7, 11) is 0. The van der Waals surface area contributed by atoms with Gasteiger partial charge in [0.15, 0.2) is 5.78 Å². The number of H-pyrrole nitrogens is 1. The number of hydrogen-bond acceptors (Lipinski definition) is 4. The monoisotopic (exact) mass is 270 g/mol. The molecule has 3 rings (SSSR count). The van der Waals surface area contributed by atoms with Gasteiger partial charge in [-0.1, -0.05) is 6.07 Å². The number of carbonyl (C=O) groups is 1. The number of piperazine rings is 1. The van der Waals surface area contributed by atoms with Crippen molar-refractivity contribution in [3.05, 3.63) is 48.4 Å². The third-order valence-electron chi connectivity index (χ3n) is 3.61. The average molecular weight is 270 g/mol. The molecule has 1 aliphatic heterocycles. The van der Waals surface area contributed by atoms with Crippen molar-refractivity contribution in [3.8, 4) is 0 Å². The highest BCUT2D eigenvalue weighted by Gasteiger charge is 2.20. The maximum Gasteiger partial charge on any atom is 0.192 e. The highest BCUT2D eigenvalue weighted by atomic mass is 16.1. The van der Waals surface area contributed by atoms with Gasteiger partial charge in [-0.25, -0.2) is 4.98 Å².